The Morgan fingerprint density at radius 3 is 2.76 bits per heavy atom. The Bertz CT molecular complexity index is 395. The van der Waals surface area contributed by atoms with Crippen molar-refractivity contribution in [2.24, 2.45) is 5.84 Å². The third kappa shape index (κ3) is 3.64. The lowest BCUT2D eigenvalue weighted by molar-refractivity contribution is 0.0803. The first kappa shape index (κ1) is 13.9. The van der Waals surface area contributed by atoms with Crippen LogP contribution in [0.15, 0.2) is 18.2 Å². The summed E-state index contributed by atoms with van der Waals surface area (Å²) in [6.07, 6.45) is 2.03. The van der Waals surface area contributed by atoms with E-state index >= 15 is 0 Å². The molecule has 0 saturated carbocycles. The minimum absolute atomic E-state index is 0.0470. The van der Waals surface area contributed by atoms with Crippen LogP contribution in [0.5, 0.6) is 0 Å². The number of amides is 1. The molecule has 0 aliphatic rings. The van der Waals surface area contributed by atoms with Crippen LogP contribution in [0.1, 0.15) is 15.9 Å². The fraction of sp³-hybridized carbons (Fsp3) is 0.417. The number of carbonyl (C=O) groups excluding carboxylic acids is 1. The lowest BCUT2D eigenvalue weighted by atomic mass is 10.1. The second-order valence-electron chi connectivity index (χ2n) is 3.89. The molecular weight excluding hydrogens is 234 g/mol. The lowest BCUT2D eigenvalue weighted by Gasteiger charge is -2.17. The van der Waals surface area contributed by atoms with Gasteiger partial charge in [-0.05, 0) is 36.9 Å². The summed E-state index contributed by atoms with van der Waals surface area (Å²) in [7, 11) is 1.82. The Balaban J connectivity index is 2.78. The average molecular weight is 253 g/mol. The van der Waals surface area contributed by atoms with Gasteiger partial charge in [0.1, 0.15) is 0 Å². The van der Waals surface area contributed by atoms with E-state index in [9.17, 15) is 4.79 Å². The highest BCUT2D eigenvalue weighted by atomic mass is 32.2. The number of hydrogen-bond acceptors (Lipinski definition) is 4. The molecule has 0 radical (unpaired) electrons. The number of carbonyl (C=O) groups is 1. The summed E-state index contributed by atoms with van der Waals surface area (Å²) in [6, 6.07) is 5.47. The Morgan fingerprint density at radius 1 is 1.53 bits per heavy atom. The monoisotopic (exact) mass is 253 g/mol. The molecule has 0 unspecified atom stereocenters. The highest BCUT2D eigenvalue weighted by Gasteiger charge is 2.11. The summed E-state index contributed by atoms with van der Waals surface area (Å²) in [5.41, 5.74) is 5.11. The second-order valence-corrected chi connectivity index (χ2v) is 4.88. The van der Waals surface area contributed by atoms with Gasteiger partial charge in [-0.1, -0.05) is 0 Å². The summed E-state index contributed by atoms with van der Waals surface area (Å²) in [5.74, 6) is 6.35. The van der Waals surface area contributed by atoms with E-state index < -0.39 is 0 Å². The zero-order valence-corrected chi connectivity index (χ0v) is 11.3. The zero-order chi connectivity index (χ0) is 12.8. The van der Waals surface area contributed by atoms with Crippen LogP contribution in [0.25, 0.3) is 0 Å². The first-order valence-electron chi connectivity index (χ1n) is 5.41. The van der Waals surface area contributed by atoms with Gasteiger partial charge < -0.3 is 10.3 Å². The second kappa shape index (κ2) is 6.51. The van der Waals surface area contributed by atoms with Gasteiger partial charge in [0.25, 0.3) is 5.91 Å². The molecule has 1 aromatic carbocycles. The number of benzene rings is 1. The normalized spacial score (nSPS) is 10.1. The molecule has 1 amide bonds. The van der Waals surface area contributed by atoms with E-state index in [-0.39, 0.29) is 5.91 Å². The van der Waals surface area contributed by atoms with E-state index in [1.165, 1.54) is 0 Å². The van der Waals surface area contributed by atoms with E-state index in [1.54, 1.807) is 22.7 Å². The van der Waals surface area contributed by atoms with Crippen LogP contribution in [0.2, 0.25) is 0 Å². The van der Waals surface area contributed by atoms with Crippen molar-refractivity contribution in [2.45, 2.75) is 6.92 Å². The van der Waals surface area contributed by atoms with Crippen LogP contribution >= 0.6 is 11.8 Å². The molecule has 17 heavy (non-hydrogen) atoms. The molecule has 0 spiro atoms. The average Bonchev–Trinajstić information content (AvgIpc) is 2.34. The SMILES string of the molecule is CSCCN(C)C(=O)c1ccc(NN)c(C)c1. The van der Waals surface area contributed by atoms with Gasteiger partial charge in [-0.2, -0.15) is 11.8 Å². The summed E-state index contributed by atoms with van der Waals surface area (Å²) in [5, 5.41) is 0. The zero-order valence-electron chi connectivity index (χ0n) is 10.5. The van der Waals surface area contributed by atoms with Gasteiger partial charge >= 0.3 is 0 Å². The molecule has 4 nitrogen and oxygen atoms in total. The van der Waals surface area contributed by atoms with Crippen LogP contribution in [0.4, 0.5) is 5.69 Å². The third-order valence-electron chi connectivity index (χ3n) is 2.61. The minimum Gasteiger partial charge on any atom is -0.341 e. The molecular formula is C12H19N3OS. The minimum atomic E-state index is 0.0470. The lowest BCUT2D eigenvalue weighted by Crippen LogP contribution is -2.29. The molecule has 0 aliphatic carbocycles. The number of rotatable bonds is 5. The first-order valence-corrected chi connectivity index (χ1v) is 6.81. The van der Waals surface area contributed by atoms with Crippen molar-refractivity contribution in [1.82, 2.24) is 4.90 Å². The number of nitrogen functional groups attached to an aromatic ring is 1. The predicted molar refractivity (Wildman–Crippen MR) is 74.3 cm³/mol. The van der Waals surface area contributed by atoms with Crippen LogP contribution in [0.3, 0.4) is 0 Å². The van der Waals surface area contributed by atoms with Crippen molar-refractivity contribution in [1.29, 1.82) is 0 Å². The predicted octanol–water partition coefficient (Wildman–Crippen LogP) is 1.72. The molecule has 0 saturated heterocycles. The van der Waals surface area contributed by atoms with Gasteiger partial charge in [0.05, 0.1) is 5.69 Å². The molecule has 0 fully saturated rings. The summed E-state index contributed by atoms with van der Waals surface area (Å²) in [6.45, 7) is 2.68. The number of nitrogens with one attached hydrogen (secondary N) is 1. The summed E-state index contributed by atoms with van der Waals surface area (Å²) >= 11 is 1.73. The van der Waals surface area contributed by atoms with Crippen LogP contribution in [0, 0.1) is 6.92 Å². The fourth-order valence-electron chi connectivity index (χ4n) is 1.51. The molecule has 1 rings (SSSR count). The first-order chi connectivity index (χ1) is 8.10. The number of anilines is 1. The van der Waals surface area contributed by atoms with Gasteiger partial charge in [0.15, 0.2) is 0 Å². The Kier molecular flexibility index (Phi) is 5.31. The molecule has 0 heterocycles. The number of nitrogens with two attached hydrogens (primary N) is 1. The highest BCUT2D eigenvalue weighted by molar-refractivity contribution is 7.98. The largest absolute Gasteiger partial charge is 0.341 e. The number of hydrogen-bond donors (Lipinski definition) is 2. The van der Waals surface area contributed by atoms with Gasteiger partial charge in [0, 0.05) is 24.9 Å². The van der Waals surface area contributed by atoms with Gasteiger partial charge in [-0.25, -0.2) is 0 Å². The Hall–Kier alpha value is -1.20. The standard InChI is InChI=1S/C12H19N3OS/c1-9-8-10(4-5-11(9)14-13)12(16)15(2)6-7-17-3/h4-5,8,14H,6-7,13H2,1-3H3. The number of thioether (sulfide) groups is 1. The molecule has 0 atom stereocenters. The Morgan fingerprint density at radius 2 is 2.24 bits per heavy atom. The van der Waals surface area contributed by atoms with Crippen LogP contribution < -0.4 is 11.3 Å². The fourth-order valence-corrected chi connectivity index (χ4v) is 1.97. The van der Waals surface area contributed by atoms with Crippen molar-refractivity contribution in [3.8, 4) is 0 Å². The van der Waals surface area contributed by atoms with Crippen molar-refractivity contribution >= 4 is 23.4 Å². The maximum absolute atomic E-state index is 12.1. The molecule has 0 aromatic heterocycles. The number of hydrazine groups is 1. The van der Waals surface area contributed by atoms with E-state index in [0.29, 0.717) is 5.56 Å². The molecule has 5 heteroatoms. The Labute approximate surface area is 107 Å². The number of nitrogens with zero attached hydrogens (tertiary/aromatic N) is 1. The van der Waals surface area contributed by atoms with Crippen molar-refractivity contribution in [2.75, 3.05) is 31.0 Å². The van der Waals surface area contributed by atoms with Gasteiger partial charge in [-0.15, -0.1) is 0 Å². The number of aryl methyl sites for hydroxylation is 1. The molecule has 94 valence electrons. The summed E-state index contributed by atoms with van der Waals surface area (Å²) in [4.78, 5) is 13.8. The maximum Gasteiger partial charge on any atom is 0.253 e. The third-order valence-corrected chi connectivity index (χ3v) is 3.20. The molecule has 0 aliphatic heterocycles. The molecule has 3 N–H and O–H groups in total. The van der Waals surface area contributed by atoms with E-state index in [1.807, 2.05) is 32.4 Å². The van der Waals surface area contributed by atoms with Crippen molar-refractivity contribution < 1.29 is 4.79 Å². The maximum atomic E-state index is 12.1. The van der Waals surface area contributed by atoms with Crippen LogP contribution in [-0.2, 0) is 0 Å². The molecule has 0 bridgehead atoms. The van der Waals surface area contributed by atoms with Crippen molar-refractivity contribution in [3.63, 3.8) is 0 Å². The van der Waals surface area contributed by atoms with Gasteiger partial charge in [-0.3, -0.25) is 10.6 Å². The highest BCUT2D eigenvalue weighted by Crippen LogP contribution is 2.16. The van der Waals surface area contributed by atoms with Gasteiger partial charge in [0.2, 0.25) is 0 Å². The van der Waals surface area contributed by atoms with Crippen molar-refractivity contribution in [3.05, 3.63) is 29.3 Å². The van der Waals surface area contributed by atoms with E-state index in [4.69, 9.17) is 5.84 Å². The van der Waals surface area contributed by atoms with Crippen LogP contribution in [-0.4, -0.2) is 36.4 Å². The quantitative estimate of drug-likeness (QED) is 0.619. The molecule has 1 aromatic rings. The van der Waals surface area contributed by atoms with E-state index in [2.05, 4.69) is 5.43 Å². The van der Waals surface area contributed by atoms with E-state index in [0.717, 1.165) is 23.5 Å². The smallest absolute Gasteiger partial charge is 0.253 e. The topological polar surface area (TPSA) is 58.4 Å². The summed E-state index contributed by atoms with van der Waals surface area (Å²) < 4.78 is 0.